The third kappa shape index (κ3) is 3.55. The number of benzene rings is 3. The number of nitrogens with zero attached hydrogens (tertiary/aromatic N) is 2. The average Bonchev–Trinajstić information content (AvgIpc) is 2.73. The van der Waals surface area contributed by atoms with Crippen LogP contribution in [-0.2, 0) is 15.4 Å². The van der Waals surface area contributed by atoms with Crippen LogP contribution in [0.2, 0.25) is 5.02 Å². The number of rotatable bonds is 4. The van der Waals surface area contributed by atoms with Gasteiger partial charge in [0.05, 0.1) is 21.0 Å². The summed E-state index contributed by atoms with van der Waals surface area (Å²) < 4.78 is 29.0. The highest BCUT2D eigenvalue weighted by atomic mass is 35.5. The van der Waals surface area contributed by atoms with Crippen LogP contribution in [0.1, 0.15) is 38.3 Å². The molecule has 8 heteroatoms. The lowest BCUT2D eigenvalue weighted by Gasteiger charge is -2.51. The Morgan fingerprint density at radius 3 is 2.12 bits per heavy atom. The van der Waals surface area contributed by atoms with Crippen molar-refractivity contribution in [3.05, 3.63) is 99.1 Å². The van der Waals surface area contributed by atoms with Crippen molar-refractivity contribution in [3.8, 4) is 0 Å². The second-order valence-corrected chi connectivity index (χ2v) is 11.1. The Kier molecular flexibility index (Phi) is 5.30. The summed E-state index contributed by atoms with van der Waals surface area (Å²) in [6.45, 7) is 5.92. The maximum Gasteiger partial charge on any atom is 0.269 e. The number of hydrogen-bond donors (Lipinski definition) is 0. The molecule has 6 nitrogen and oxygen atoms in total. The lowest BCUT2D eigenvalue weighted by atomic mass is 9.66. The van der Waals surface area contributed by atoms with E-state index < -0.39 is 25.9 Å². The lowest BCUT2D eigenvalue weighted by molar-refractivity contribution is -0.384. The third-order valence-electron chi connectivity index (χ3n) is 6.12. The van der Waals surface area contributed by atoms with E-state index in [1.165, 1.54) is 28.6 Å². The second-order valence-electron chi connectivity index (χ2n) is 8.87. The SMILES string of the molecule is CC1(C)C[C@@](C)(c2ccc(Cl)cc2)c2ccccc2N1S(=O)(=O)c1ccc([N+](=O)[O-])cc1. The van der Waals surface area contributed by atoms with Gasteiger partial charge in [-0.1, -0.05) is 48.9 Å². The summed E-state index contributed by atoms with van der Waals surface area (Å²) in [6, 6.07) is 20.2. The van der Waals surface area contributed by atoms with Crippen molar-refractivity contribution < 1.29 is 13.3 Å². The van der Waals surface area contributed by atoms with Crippen molar-refractivity contribution in [2.24, 2.45) is 0 Å². The molecular formula is C24H23ClN2O4S. The molecule has 1 heterocycles. The first-order chi connectivity index (χ1) is 15.0. The number of non-ortho nitro benzene ring substituents is 1. The van der Waals surface area contributed by atoms with Crippen LogP contribution < -0.4 is 4.31 Å². The zero-order valence-corrected chi connectivity index (χ0v) is 19.5. The number of nitro groups is 1. The minimum absolute atomic E-state index is 0.0149. The Bertz CT molecular complexity index is 1290. The van der Waals surface area contributed by atoms with Crippen molar-refractivity contribution in [1.29, 1.82) is 0 Å². The number of sulfonamides is 1. The van der Waals surface area contributed by atoms with Gasteiger partial charge in [0.1, 0.15) is 0 Å². The van der Waals surface area contributed by atoms with Gasteiger partial charge in [-0.05, 0) is 61.7 Å². The molecule has 0 N–H and O–H groups in total. The van der Waals surface area contributed by atoms with Crippen LogP contribution in [0.3, 0.4) is 0 Å². The molecule has 0 aliphatic carbocycles. The molecule has 4 rings (SSSR count). The van der Waals surface area contributed by atoms with E-state index in [-0.39, 0.29) is 10.6 Å². The molecule has 166 valence electrons. The Balaban J connectivity index is 1.89. The Labute approximate surface area is 192 Å². The summed E-state index contributed by atoms with van der Waals surface area (Å²) in [7, 11) is -3.98. The summed E-state index contributed by atoms with van der Waals surface area (Å²) in [5, 5.41) is 11.6. The highest BCUT2D eigenvalue weighted by Crippen LogP contribution is 2.52. The monoisotopic (exact) mass is 470 g/mol. The average molecular weight is 471 g/mol. The van der Waals surface area contributed by atoms with Gasteiger partial charge in [-0.3, -0.25) is 14.4 Å². The van der Waals surface area contributed by atoms with Crippen LogP contribution in [0.4, 0.5) is 11.4 Å². The summed E-state index contributed by atoms with van der Waals surface area (Å²) in [5.41, 5.74) is 1.18. The van der Waals surface area contributed by atoms with Gasteiger partial charge in [-0.15, -0.1) is 0 Å². The maximum absolute atomic E-state index is 13.8. The number of halogens is 1. The van der Waals surface area contributed by atoms with Gasteiger partial charge in [-0.2, -0.15) is 0 Å². The van der Waals surface area contributed by atoms with Gasteiger partial charge in [0.25, 0.3) is 15.7 Å². The van der Waals surface area contributed by atoms with Gasteiger partial charge in [0, 0.05) is 22.6 Å². The fourth-order valence-corrected chi connectivity index (χ4v) is 6.80. The van der Waals surface area contributed by atoms with Crippen molar-refractivity contribution in [2.45, 2.75) is 43.0 Å². The van der Waals surface area contributed by atoms with Gasteiger partial charge >= 0.3 is 0 Å². The van der Waals surface area contributed by atoms with E-state index in [1.807, 2.05) is 62.4 Å². The van der Waals surface area contributed by atoms with Gasteiger partial charge in [0.2, 0.25) is 0 Å². The number of anilines is 1. The van der Waals surface area contributed by atoms with E-state index >= 15 is 0 Å². The lowest BCUT2D eigenvalue weighted by Crippen LogP contribution is -2.55. The van der Waals surface area contributed by atoms with Crippen LogP contribution in [0, 0.1) is 10.1 Å². The van der Waals surface area contributed by atoms with Crippen LogP contribution in [0.15, 0.2) is 77.7 Å². The molecule has 1 aliphatic rings. The molecule has 1 aliphatic heterocycles. The summed E-state index contributed by atoms with van der Waals surface area (Å²) in [4.78, 5) is 10.5. The summed E-state index contributed by atoms with van der Waals surface area (Å²) >= 11 is 6.10. The number of fused-ring (bicyclic) bond motifs is 1. The molecule has 1 atom stereocenters. The Hall–Kier alpha value is -2.90. The van der Waals surface area contributed by atoms with E-state index in [4.69, 9.17) is 11.6 Å². The highest BCUT2D eigenvalue weighted by molar-refractivity contribution is 7.93. The normalized spacial score (nSPS) is 19.9. The molecule has 0 unspecified atom stereocenters. The van der Waals surface area contributed by atoms with Crippen molar-refractivity contribution >= 4 is 33.0 Å². The molecule has 0 bridgehead atoms. The first-order valence-electron chi connectivity index (χ1n) is 10.1. The predicted molar refractivity (Wildman–Crippen MR) is 126 cm³/mol. The van der Waals surface area contributed by atoms with Crippen LogP contribution in [-0.4, -0.2) is 18.9 Å². The molecule has 0 spiro atoms. The van der Waals surface area contributed by atoms with Gasteiger partial charge in [0.15, 0.2) is 0 Å². The van der Waals surface area contributed by atoms with Crippen LogP contribution in [0.25, 0.3) is 0 Å². The Morgan fingerprint density at radius 1 is 0.938 bits per heavy atom. The fourth-order valence-electron chi connectivity index (χ4n) is 4.85. The van der Waals surface area contributed by atoms with E-state index in [2.05, 4.69) is 6.92 Å². The first-order valence-corrected chi connectivity index (χ1v) is 11.9. The molecule has 0 fully saturated rings. The highest BCUT2D eigenvalue weighted by Gasteiger charge is 2.49. The van der Waals surface area contributed by atoms with Gasteiger partial charge in [-0.25, -0.2) is 8.42 Å². The van der Waals surface area contributed by atoms with Gasteiger partial charge < -0.3 is 0 Å². The maximum atomic E-state index is 13.8. The standard InChI is InChI=1S/C24H23ClN2O4S/c1-23(2)16-24(3,17-8-10-18(25)11-9-17)21-6-4-5-7-22(21)26(23)32(30,31)20-14-12-19(13-15-20)27(28)29/h4-15H,16H2,1-3H3/t24-/m0/s1. The van der Waals surface area contributed by atoms with Crippen molar-refractivity contribution in [2.75, 3.05) is 4.31 Å². The van der Waals surface area contributed by atoms with E-state index in [1.54, 1.807) is 0 Å². The van der Waals surface area contributed by atoms with E-state index in [0.29, 0.717) is 17.1 Å². The van der Waals surface area contributed by atoms with Crippen LogP contribution >= 0.6 is 11.6 Å². The quantitative estimate of drug-likeness (QED) is 0.349. The molecule has 0 saturated heterocycles. The predicted octanol–water partition coefficient (Wildman–Crippen LogP) is 5.93. The zero-order valence-electron chi connectivity index (χ0n) is 17.9. The largest absolute Gasteiger partial charge is 0.269 e. The zero-order chi connectivity index (χ0) is 23.3. The second kappa shape index (κ2) is 7.60. The minimum Gasteiger partial charge on any atom is -0.260 e. The topological polar surface area (TPSA) is 80.5 Å². The van der Waals surface area contributed by atoms with Crippen molar-refractivity contribution in [1.82, 2.24) is 0 Å². The minimum atomic E-state index is -3.98. The van der Waals surface area contributed by atoms with Crippen LogP contribution in [0.5, 0.6) is 0 Å². The van der Waals surface area contributed by atoms with Crippen molar-refractivity contribution in [3.63, 3.8) is 0 Å². The third-order valence-corrected chi connectivity index (χ3v) is 8.41. The molecule has 0 amide bonds. The molecule has 32 heavy (non-hydrogen) atoms. The Morgan fingerprint density at radius 2 is 1.53 bits per heavy atom. The molecule has 0 radical (unpaired) electrons. The molecule has 0 aromatic heterocycles. The fraction of sp³-hybridized carbons (Fsp3) is 0.250. The number of hydrogen-bond acceptors (Lipinski definition) is 4. The number of para-hydroxylation sites is 1. The molecule has 3 aromatic carbocycles. The summed E-state index contributed by atoms with van der Waals surface area (Å²) in [6.07, 6.45) is 0.533. The first kappa shape index (κ1) is 22.3. The summed E-state index contributed by atoms with van der Waals surface area (Å²) in [5.74, 6) is 0. The number of nitro benzene ring substituents is 1. The molecule has 0 saturated carbocycles. The van der Waals surface area contributed by atoms with E-state index in [0.717, 1.165) is 11.1 Å². The van der Waals surface area contributed by atoms with E-state index in [9.17, 15) is 18.5 Å². The smallest absolute Gasteiger partial charge is 0.260 e. The molecular weight excluding hydrogens is 448 g/mol. The molecule has 3 aromatic rings.